The summed E-state index contributed by atoms with van der Waals surface area (Å²) in [6.07, 6.45) is 3.06. The summed E-state index contributed by atoms with van der Waals surface area (Å²) in [6, 6.07) is 4.54. The van der Waals surface area contributed by atoms with E-state index in [4.69, 9.17) is 4.74 Å². The van der Waals surface area contributed by atoms with Crippen LogP contribution in [0, 0.1) is 10.1 Å². The highest BCUT2D eigenvalue weighted by Crippen LogP contribution is 2.28. The van der Waals surface area contributed by atoms with E-state index >= 15 is 0 Å². The van der Waals surface area contributed by atoms with Gasteiger partial charge in [0, 0.05) is 18.7 Å². The third-order valence-corrected chi connectivity index (χ3v) is 2.93. The lowest BCUT2D eigenvalue weighted by Crippen LogP contribution is -2.04. The number of nitro groups is 1. The number of nitrogens with zero attached hydrogens (tertiary/aromatic N) is 1. The first kappa shape index (κ1) is 13.6. The standard InChI is InChI=1S/C11H16N2O3S/c1-16-11-5-4-9(13(14)15)8-10(11)12-6-3-7-17-2/h4-5,8,12H,3,6-7H2,1-2H3. The Morgan fingerprint density at radius 3 is 2.88 bits per heavy atom. The van der Waals surface area contributed by atoms with Crippen molar-refractivity contribution in [2.45, 2.75) is 6.42 Å². The maximum atomic E-state index is 10.7. The second kappa shape index (κ2) is 7.01. The molecule has 0 aromatic heterocycles. The second-order valence-electron chi connectivity index (χ2n) is 3.41. The van der Waals surface area contributed by atoms with Crippen LogP contribution in [0.4, 0.5) is 11.4 Å². The first-order valence-electron chi connectivity index (χ1n) is 5.24. The van der Waals surface area contributed by atoms with E-state index in [1.807, 2.05) is 6.26 Å². The molecule has 0 atom stereocenters. The number of hydrogen-bond donors (Lipinski definition) is 1. The molecule has 6 heteroatoms. The van der Waals surface area contributed by atoms with Gasteiger partial charge in [0.2, 0.25) is 0 Å². The van der Waals surface area contributed by atoms with Crippen molar-refractivity contribution in [3.8, 4) is 5.75 Å². The summed E-state index contributed by atoms with van der Waals surface area (Å²) >= 11 is 1.78. The molecule has 0 amide bonds. The van der Waals surface area contributed by atoms with E-state index in [2.05, 4.69) is 5.32 Å². The van der Waals surface area contributed by atoms with Crippen LogP contribution < -0.4 is 10.1 Å². The Hall–Kier alpha value is -1.43. The molecule has 0 radical (unpaired) electrons. The average molecular weight is 256 g/mol. The number of non-ortho nitro benzene ring substituents is 1. The lowest BCUT2D eigenvalue weighted by molar-refractivity contribution is -0.384. The van der Waals surface area contributed by atoms with Gasteiger partial charge in [0.05, 0.1) is 17.7 Å². The molecule has 1 aromatic rings. The number of methoxy groups -OCH3 is 1. The number of nitrogens with one attached hydrogen (secondary N) is 1. The minimum absolute atomic E-state index is 0.0677. The minimum Gasteiger partial charge on any atom is -0.495 e. The lowest BCUT2D eigenvalue weighted by Gasteiger charge is -2.10. The first-order valence-corrected chi connectivity index (χ1v) is 6.63. The minimum atomic E-state index is -0.410. The molecule has 0 aliphatic rings. The van der Waals surface area contributed by atoms with Crippen molar-refractivity contribution in [3.63, 3.8) is 0 Å². The van der Waals surface area contributed by atoms with Gasteiger partial charge in [-0.2, -0.15) is 11.8 Å². The van der Waals surface area contributed by atoms with E-state index in [1.54, 1.807) is 24.9 Å². The first-order chi connectivity index (χ1) is 8.19. The predicted molar refractivity (Wildman–Crippen MR) is 71.1 cm³/mol. The summed E-state index contributed by atoms with van der Waals surface area (Å²) < 4.78 is 5.15. The maximum Gasteiger partial charge on any atom is 0.271 e. The zero-order chi connectivity index (χ0) is 12.7. The molecule has 1 N–H and O–H groups in total. The molecule has 0 heterocycles. The van der Waals surface area contributed by atoms with Crippen LogP contribution in [0.5, 0.6) is 5.75 Å². The van der Waals surface area contributed by atoms with Gasteiger partial charge < -0.3 is 10.1 Å². The van der Waals surface area contributed by atoms with Crippen LogP contribution in [-0.2, 0) is 0 Å². The van der Waals surface area contributed by atoms with Gasteiger partial charge in [-0.3, -0.25) is 10.1 Å². The van der Waals surface area contributed by atoms with E-state index in [0.29, 0.717) is 11.4 Å². The van der Waals surface area contributed by atoms with E-state index in [0.717, 1.165) is 18.7 Å². The molecule has 0 unspecified atom stereocenters. The fourth-order valence-corrected chi connectivity index (χ4v) is 1.82. The molecule has 0 saturated heterocycles. The van der Waals surface area contributed by atoms with Crippen LogP contribution in [0.15, 0.2) is 18.2 Å². The Balaban J connectivity index is 2.72. The molecule has 0 fully saturated rings. The maximum absolute atomic E-state index is 10.7. The van der Waals surface area contributed by atoms with E-state index in [1.165, 1.54) is 12.1 Å². The van der Waals surface area contributed by atoms with Crippen molar-refractivity contribution in [2.24, 2.45) is 0 Å². The van der Waals surface area contributed by atoms with Crippen molar-refractivity contribution in [1.82, 2.24) is 0 Å². The van der Waals surface area contributed by atoms with Crippen LogP contribution in [-0.4, -0.2) is 30.6 Å². The van der Waals surface area contributed by atoms with Gasteiger partial charge >= 0.3 is 0 Å². The van der Waals surface area contributed by atoms with Crippen molar-refractivity contribution >= 4 is 23.1 Å². The Labute approximate surface area is 105 Å². The highest BCUT2D eigenvalue weighted by atomic mass is 32.2. The number of hydrogen-bond acceptors (Lipinski definition) is 5. The molecular weight excluding hydrogens is 240 g/mol. The monoisotopic (exact) mass is 256 g/mol. The number of thioether (sulfide) groups is 1. The molecule has 5 nitrogen and oxygen atoms in total. The lowest BCUT2D eigenvalue weighted by atomic mass is 10.2. The number of rotatable bonds is 7. The summed E-state index contributed by atoms with van der Waals surface area (Å²) in [6.45, 7) is 0.776. The third kappa shape index (κ3) is 4.14. The van der Waals surface area contributed by atoms with Crippen LogP contribution in [0.25, 0.3) is 0 Å². The van der Waals surface area contributed by atoms with Gasteiger partial charge in [-0.15, -0.1) is 0 Å². The smallest absolute Gasteiger partial charge is 0.271 e. The Kier molecular flexibility index (Phi) is 5.62. The Bertz CT molecular complexity index is 385. The largest absolute Gasteiger partial charge is 0.495 e. The molecule has 1 aromatic carbocycles. The molecule has 17 heavy (non-hydrogen) atoms. The van der Waals surface area contributed by atoms with Crippen molar-refractivity contribution in [2.75, 3.05) is 31.0 Å². The third-order valence-electron chi connectivity index (χ3n) is 2.23. The summed E-state index contributed by atoms with van der Waals surface area (Å²) in [4.78, 5) is 10.3. The normalized spacial score (nSPS) is 10.0. The predicted octanol–water partition coefficient (Wildman–Crippen LogP) is 2.77. The van der Waals surface area contributed by atoms with Gasteiger partial charge in [0.15, 0.2) is 0 Å². The molecular formula is C11H16N2O3S. The van der Waals surface area contributed by atoms with Crippen LogP contribution >= 0.6 is 11.8 Å². The fraction of sp³-hybridized carbons (Fsp3) is 0.455. The van der Waals surface area contributed by atoms with Crippen molar-refractivity contribution < 1.29 is 9.66 Å². The van der Waals surface area contributed by atoms with E-state index in [-0.39, 0.29) is 5.69 Å². The van der Waals surface area contributed by atoms with Gasteiger partial charge in [0.1, 0.15) is 5.75 Å². The van der Waals surface area contributed by atoms with Gasteiger partial charge in [0.25, 0.3) is 5.69 Å². The topological polar surface area (TPSA) is 64.4 Å². The molecule has 0 bridgehead atoms. The molecule has 0 spiro atoms. The van der Waals surface area contributed by atoms with Crippen LogP contribution in [0.2, 0.25) is 0 Å². The molecule has 94 valence electrons. The fourth-order valence-electron chi connectivity index (χ4n) is 1.39. The van der Waals surface area contributed by atoms with Gasteiger partial charge in [-0.1, -0.05) is 0 Å². The summed E-state index contributed by atoms with van der Waals surface area (Å²) in [7, 11) is 1.55. The number of anilines is 1. The van der Waals surface area contributed by atoms with E-state index in [9.17, 15) is 10.1 Å². The zero-order valence-electron chi connectivity index (χ0n) is 9.93. The molecule has 1 rings (SSSR count). The second-order valence-corrected chi connectivity index (χ2v) is 4.40. The highest BCUT2D eigenvalue weighted by molar-refractivity contribution is 7.98. The number of benzene rings is 1. The van der Waals surface area contributed by atoms with Crippen molar-refractivity contribution in [3.05, 3.63) is 28.3 Å². The Morgan fingerprint density at radius 1 is 1.53 bits per heavy atom. The van der Waals surface area contributed by atoms with Crippen molar-refractivity contribution in [1.29, 1.82) is 0 Å². The van der Waals surface area contributed by atoms with Crippen LogP contribution in [0.1, 0.15) is 6.42 Å². The summed E-state index contributed by atoms with van der Waals surface area (Å²) in [5.41, 5.74) is 0.737. The molecule has 0 aliphatic carbocycles. The average Bonchev–Trinajstić information content (AvgIpc) is 2.34. The molecule has 0 aliphatic heterocycles. The SMILES string of the molecule is COc1ccc([N+](=O)[O-])cc1NCCCSC. The van der Waals surface area contributed by atoms with E-state index < -0.39 is 4.92 Å². The number of nitro benzene ring substituents is 1. The number of ether oxygens (including phenoxy) is 1. The highest BCUT2D eigenvalue weighted by Gasteiger charge is 2.10. The molecule has 0 saturated carbocycles. The zero-order valence-corrected chi connectivity index (χ0v) is 10.8. The van der Waals surface area contributed by atoms with Gasteiger partial charge in [-0.05, 0) is 24.5 Å². The summed E-state index contributed by atoms with van der Waals surface area (Å²) in [5, 5.41) is 13.8. The van der Waals surface area contributed by atoms with Gasteiger partial charge in [-0.25, -0.2) is 0 Å². The quantitative estimate of drug-likeness (QED) is 0.461. The Morgan fingerprint density at radius 2 is 2.29 bits per heavy atom. The van der Waals surface area contributed by atoms with Crippen LogP contribution in [0.3, 0.4) is 0 Å². The summed E-state index contributed by atoms with van der Waals surface area (Å²) in [5.74, 6) is 1.68.